The van der Waals surface area contributed by atoms with Crippen molar-refractivity contribution in [2.45, 2.75) is 12.7 Å². The van der Waals surface area contributed by atoms with Gasteiger partial charge in [-0.1, -0.05) is 24.3 Å². The number of benzene rings is 2. The fourth-order valence-corrected chi connectivity index (χ4v) is 2.42. The maximum atomic E-state index is 12.5. The number of aromatic hydroxyl groups is 1. The molecule has 0 saturated carbocycles. The zero-order valence-corrected chi connectivity index (χ0v) is 13.3. The molecule has 1 aromatic heterocycles. The van der Waals surface area contributed by atoms with Crippen LogP contribution >= 0.6 is 0 Å². The van der Waals surface area contributed by atoms with Crippen LogP contribution in [0.1, 0.15) is 11.3 Å². The first kappa shape index (κ1) is 17.5. The second-order valence-electron chi connectivity index (χ2n) is 5.57. The second kappa shape index (κ2) is 6.91. The molecule has 0 aliphatic heterocycles. The molecule has 3 aromatic rings. The molecule has 0 spiro atoms. The molecule has 1 heterocycles. The summed E-state index contributed by atoms with van der Waals surface area (Å²) in [7, 11) is 0. The van der Waals surface area contributed by atoms with Crippen molar-refractivity contribution in [3.8, 4) is 5.75 Å². The lowest BCUT2D eigenvalue weighted by Crippen LogP contribution is -2.28. The monoisotopic (exact) mass is 361 g/mol. The van der Waals surface area contributed by atoms with Crippen molar-refractivity contribution in [2.75, 3.05) is 5.32 Å². The van der Waals surface area contributed by atoms with Crippen LogP contribution in [-0.4, -0.2) is 16.1 Å². The van der Waals surface area contributed by atoms with Gasteiger partial charge in [0.15, 0.2) is 0 Å². The number of hydrogen-bond acceptors (Lipinski definition) is 3. The summed E-state index contributed by atoms with van der Waals surface area (Å²) in [6, 6.07) is 11.7. The van der Waals surface area contributed by atoms with Crippen LogP contribution in [0.5, 0.6) is 5.75 Å². The topological polar surface area (TPSA) is 74.2 Å². The molecule has 3 rings (SSSR count). The van der Waals surface area contributed by atoms with E-state index in [1.807, 2.05) is 6.07 Å². The van der Waals surface area contributed by atoms with E-state index < -0.39 is 17.9 Å². The predicted octanol–water partition coefficient (Wildman–Crippen LogP) is 4.28. The Morgan fingerprint density at radius 3 is 2.62 bits per heavy atom. The molecule has 26 heavy (non-hydrogen) atoms. The fraction of sp³-hybridized carbons (Fsp3) is 0.111. The zero-order valence-electron chi connectivity index (χ0n) is 13.3. The van der Waals surface area contributed by atoms with E-state index in [9.17, 15) is 23.1 Å². The molecular formula is C18H14F3N3O2. The number of aromatic nitrogens is 1. The normalized spacial score (nSPS) is 11.3. The Bertz CT molecular complexity index is 941. The van der Waals surface area contributed by atoms with Crippen molar-refractivity contribution >= 4 is 22.5 Å². The highest BCUT2D eigenvalue weighted by Gasteiger charge is 2.31. The smallest absolute Gasteiger partial charge is 0.433 e. The van der Waals surface area contributed by atoms with Gasteiger partial charge in [-0.2, -0.15) is 13.2 Å². The third kappa shape index (κ3) is 4.02. The number of carbonyl (C=O) groups is 1. The van der Waals surface area contributed by atoms with Crippen molar-refractivity contribution < 1.29 is 23.1 Å². The zero-order chi connectivity index (χ0) is 18.7. The summed E-state index contributed by atoms with van der Waals surface area (Å²) >= 11 is 0. The van der Waals surface area contributed by atoms with Crippen LogP contribution in [0, 0.1) is 0 Å². The standard InChI is InChI=1S/C18H14F3N3O2/c19-18(20,21)16-7-4-11(9-22-16)10-23-17(26)24-15-3-1-2-12-5-6-13(25)8-14(12)15/h1-9,25H,10H2,(H2,23,24,26). The number of fused-ring (bicyclic) bond motifs is 1. The van der Waals surface area contributed by atoms with Gasteiger partial charge in [-0.15, -0.1) is 0 Å². The van der Waals surface area contributed by atoms with E-state index in [4.69, 9.17) is 0 Å². The predicted molar refractivity (Wildman–Crippen MR) is 90.7 cm³/mol. The molecule has 3 N–H and O–H groups in total. The number of nitrogens with zero attached hydrogens (tertiary/aromatic N) is 1. The van der Waals surface area contributed by atoms with Gasteiger partial charge < -0.3 is 15.7 Å². The van der Waals surface area contributed by atoms with Crippen LogP contribution in [0.4, 0.5) is 23.7 Å². The SMILES string of the molecule is O=C(NCc1ccc(C(F)(F)F)nc1)Nc1cccc2ccc(O)cc12. The van der Waals surface area contributed by atoms with E-state index in [1.165, 1.54) is 12.1 Å². The van der Waals surface area contributed by atoms with Crippen LogP contribution in [0.2, 0.25) is 0 Å². The number of phenols is 1. The van der Waals surface area contributed by atoms with Crippen molar-refractivity contribution in [1.29, 1.82) is 0 Å². The van der Waals surface area contributed by atoms with E-state index in [-0.39, 0.29) is 12.3 Å². The van der Waals surface area contributed by atoms with Crippen molar-refractivity contribution in [1.82, 2.24) is 10.3 Å². The molecule has 134 valence electrons. The minimum Gasteiger partial charge on any atom is -0.508 e. The van der Waals surface area contributed by atoms with Crippen molar-refractivity contribution in [3.05, 3.63) is 66.0 Å². The lowest BCUT2D eigenvalue weighted by Gasteiger charge is -2.11. The largest absolute Gasteiger partial charge is 0.508 e. The minimum atomic E-state index is -4.50. The number of alkyl halides is 3. The van der Waals surface area contributed by atoms with Gasteiger partial charge in [-0.3, -0.25) is 4.98 Å². The van der Waals surface area contributed by atoms with Crippen LogP contribution in [0.25, 0.3) is 10.8 Å². The number of phenolic OH excluding ortho intramolecular Hbond substituents is 1. The number of carbonyl (C=O) groups excluding carboxylic acids is 1. The van der Waals surface area contributed by atoms with Crippen LogP contribution in [-0.2, 0) is 12.7 Å². The average molecular weight is 361 g/mol. The number of amides is 2. The van der Waals surface area contributed by atoms with Crippen LogP contribution in [0.15, 0.2) is 54.7 Å². The van der Waals surface area contributed by atoms with Gasteiger partial charge in [-0.05, 0) is 35.2 Å². The van der Waals surface area contributed by atoms with Gasteiger partial charge in [0.25, 0.3) is 0 Å². The second-order valence-corrected chi connectivity index (χ2v) is 5.57. The molecule has 0 saturated heterocycles. The Kier molecular flexibility index (Phi) is 4.66. The third-order valence-corrected chi connectivity index (χ3v) is 3.68. The molecule has 5 nitrogen and oxygen atoms in total. The molecule has 2 amide bonds. The van der Waals surface area contributed by atoms with Crippen LogP contribution in [0.3, 0.4) is 0 Å². The quantitative estimate of drug-likeness (QED) is 0.652. The molecule has 0 aliphatic carbocycles. The molecule has 0 aliphatic rings. The third-order valence-electron chi connectivity index (χ3n) is 3.68. The first-order valence-corrected chi connectivity index (χ1v) is 7.61. The van der Waals surface area contributed by atoms with Gasteiger partial charge in [-0.25, -0.2) is 4.79 Å². The number of nitrogens with one attached hydrogen (secondary N) is 2. The Labute approximate surface area is 146 Å². The summed E-state index contributed by atoms with van der Waals surface area (Å²) < 4.78 is 37.4. The van der Waals surface area contributed by atoms with E-state index >= 15 is 0 Å². The summed E-state index contributed by atoms with van der Waals surface area (Å²) in [5, 5.41) is 16.3. The summed E-state index contributed by atoms with van der Waals surface area (Å²) in [4.78, 5) is 15.4. The molecule has 8 heteroatoms. The molecule has 0 atom stereocenters. The number of rotatable bonds is 3. The Balaban J connectivity index is 1.65. The first-order valence-electron chi connectivity index (χ1n) is 7.61. The van der Waals surface area contributed by atoms with Gasteiger partial charge in [0.1, 0.15) is 11.4 Å². The highest BCUT2D eigenvalue weighted by Crippen LogP contribution is 2.28. The Hall–Kier alpha value is -3.29. The maximum absolute atomic E-state index is 12.5. The van der Waals surface area contributed by atoms with E-state index in [0.29, 0.717) is 16.6 Å². The molecule has 0 fully saturated rings. The lowest BCUT2D eigenvalue weighted by atomic mass is 10.1. The van der Waals surface area contributed by atoms with Crippen molar-refractivity contribution in [3.63, 3.8) is 0 Å². The molecule has 0 unspecified atom stereocenters. The minimum absolute atomic E-state index is 0.0208. The van der Waals surface area contributed by atoms with Gasteiger partial charge in [0.05, 0.1) is 5.69 Å². The van der Waals surface area contributed by atoms with Gasteiger partial charge in [0, 0.05) is 18.1 Å². The number of anilines is 1. The summed E-state index contributed by atoms with van der Waals surface area (Å²) in [6.45, 7) is 0.0208. The highest BCUT2D eigenvalue weighted by molar-refractivity contribution is 6.02. The van der Waals surface area contributed by atoms with Gasteiger partial charge >= 0.3 is 12.2 Å². The highest BCUT2D eigenvalue weighted by atomic mass is 19.4. The summed E-state index contributed by atoms with van der Waals surface area (Å²) in [5.41, 5.74) is -0.0496. The average Bonchev–Trinajstić information content (AvgIpc) is 2.60. The maximum Gasteiger partial charge on any atom is 0.433 e. The fourth-order valence-electron chi connectivity index (χ4n) is 2.42. The van der Waals surface area contributed by atoms with Gasteiger partial charge in [0.2, 0.25) is 0 Å². The van der Waals surface area contributed by atoms with E-state index in [1.54, 1.807) is 24.3 Å². The van der Waals surface area contributed by atoms with E-state index in [0.717, 1.165) is 17.6 Å². The molecule has 0 bridgehead atoms. The lowest BCUT2D eigenvalue weighted by molar-refractivity contribution is -0.141. The molecular weight excluding hydrogens is 347 g/mol. The van der Waals surface area contributed by atoms with Crippen LogP contribution < -0.4 is 10.6 Å². The summed E-state index contributed by atoms with van der Waals surface area (Å²) in [6.07, 6.45) is -3.43. The number of halogens is 3. The van der Waals surface area contributed by atoms with Crippen molar-refractivity contribution in [2.24, 2.45) is 0 Å². The Morgan fingerprint density at radius 1 is 1.12 bits per heavy atom. The molecule has 2 aromatic carbocycles. The number of urea groups is 1. The Morgan fingerprint density at radius 2 is 1.92 bits per heavy atom. The van der Waals surface area contributed by atoms with E-state index in [2.05, 4.69) is 15.6 Å². The number of hydrogen-bond donors (Lipinski definition) is 3. The summed E-state index contributed by atoms with van der Waals surface area (Å²) in [5.74, 6) is 0.0722. The number of pyridine rings is 1. The first-order chi connectivity index (χ1) is 12.3. The molecule has 0 radical (unpaired) electrons.